The van der Waals surface area contributed by atoms with Crippen LogP contribution in [0.15, 0.2) is 18.2 Å². The van der Waals surface area contributed by atoms with Gasteiger partial charge in [0.2, 0.25) is 0 Å². The predicted molar refractivity (Wildman–Crippen MR) is 80.9 cm³/mol. The van der Waals surface area contributed by atoms with Crippen LogP contribution in [-0.2, 0) is 0 Å². The third-order valence-corrected chi connectivity index (χ3v) is 4.23. The number of carbonyl (C=O) groups excluding carboxylic acids is 1. The van der Waals surface area contributed by atoms with Crippen molar-refractivity contribution in [3.8, 4) is 5.75 Å². The number of hydrogen-bond acceptors (Lipinski definition) is 3. The number of amides is 1. The summed E-state index contributed by atoms with van der Waals surface area (Å²) in [4.78, 5) is 14.5. The second kappa shape index (κ2) is 6.16. The van der Waals surface area contributed by atoms with Gasteiger partial charge >= 0.3 is 0 Å². The van der Waals surface area contributed by atoms with Gasteiger partial charge in [-0.1, -0.05) is 19.8 Å². The summed E-state index contributed by atoms with van der Waals surface area (Å²) < 4.78 is 5.28. The van der Waals surface area contributed by atoms with Crippen LogP contribution in [0.4, 0.5) is 5.69 Å². The highest BCUT2D eigenvalue weighted by atomic mass is 16.5. The van der Waals surface area contributed by atoms with E-state index < -0.39 is 0 Å². The molecule has 0 heterocycles. The van der Waals surface area contributed by atoms with Gasteiger partial charge in [-0.15, -0.1) is 0 Å². The number of hydrogen-bond donors (Lipinski definition) is 1. The highest BCUT2D eigenvalue weighted by Gasteiger charge is 2.27. The van der Waals surface area contributed by atoms with Gasteiger partial charge in [0, 0.05) is 24.8 Å². The molecule has 0 spiro atoms. The van der Waals surface area contributed by atoms with Crippen molar-refractivity contribution in [2.45, 2.75) is 38.6 Å². The zero-order valence-corrected chi connectivity index (χ0v) is 12.6. The first-order valence-corrected chi connectivity index (χ1v) is 7.23. The lowest BCUT2D eigenvalue weighted by atomic mass is 9.86. The molecule has 1 saturated carbocycles. The molecule has 1 aliphatic rings. The molecule has 1 amide bonds. The average Bonchev–Trinajstić information content (AvgIpc) is 2.45. The van der Waals surface area contributed by atoms with Crippen molar-refractivity contribution in [1.29, 1.82) is 0 Å². The monoisotopic (exact) mass is 276 g/mol. The molecule has 2 N–H and O–H groups in total. The quantitative estimate of drug-likeness (QED) is 0.864. The van der Waals surface area contributed by atoms with Crippen molar-refractivity contribution < 1.29 is 9.53 Å². The summed E-state index contributed by atoms with van der Waals surface area (Å²) in [7, 11) is 3.45. The normalized spacial score (nSPS) is 22.4. The number of anilines is 1. The Morgan fingerprint density at radius 2 is 2.15 bits per heavy atom. The largest absolute Gasteiger partial charge is 0.496 e. The van der Waals surface area contributed by atoms with Gasteiger partial charge in [-0.3, -0.25) is 4.79 Å². The number of carbonyl (C=O) groups is 1. The van der Waals surface area contributed by atoms with Gasteiger partial charge in [0.25, 0.3) is 5.91 Å². The topological polar surface area (TPSA) is 55.6 Å². The SMILES string of the molecule is COc1cc(N)ccc1C(=O)N(C)C1CCCC(C)C1. The molecular formula is C16H24N2O2. The first kappa shape index (κ1) is 14.7. The Morgan fingerprint density at radius 1 is 1.40 bits per heavy atom. The Kier molecular flexibility index (Phi) is 4.53. The van der Waals surface area contributed by atoms with Crippen molar-refractivity contribution in [3.63, 3.8) is 0 Å². The van der Waals surface area contributed by atoms with Gasteiger partial charge in [-0.2, -0.15) is 0 Å². The molecule has 4 nitrogen and oxygen atoms in total. The third-order valence-electron chi connectivity index (χ3n) is 4.23. The van der Waals surface area contributed by atoms with Crippen LogP contribution in [0.3, 0.4) is 0 Å². The molecule has 0 saturated heterocycles. The first-order valence-electron chi connectivity index (χ1n) is 7.23. The lowest BCUT2D eigenvalue weighted by Crippen LogP contribution is -2.40. The van der Waals surface area contributed by atoms with Gasteiger partial charge in [0.1, 0.15) is 5.75 Å². The zero-order chi connectivity index (χ0) is 14.7. The third kappa shape index (κ3) is 3.06. The molecule has 0 aromatic heterocycles. The molecule has 2 atom stereocenters. The average molecular weight is 276 g/mol. The minimum absolute atomic E-state index is 0.0148. The summed E-state index contributed by atoms with van der Waals surface area (Å²) >= 11 is 0. The van der Waals surface area contributed by atoms with E-state index in [0.717, 1.165) is 12.8 Å². The van der Waals surface area contributed by atoms with Crippen molar-refractivity contribution in [2.24, 2.45) is 5.92 Å². The van der Waals surface area contributed by atoms with E-state index in [4.69, 9.17) is 10.5 Å². The van der Waals surface area contributed by atoms with Crippen LogP contribution in [-0.4, -0.2) is 31.0 Å². The number of benzene rings is 1. The fraction of sp³-hybridized carbons (Fsp3) is 0.562. The van der Waals surface area contributed by atoms with Crippen molar-refractivity contribution in [3.05, 3.63) is 23.8 Å². The molecule has 1 aromatic rings. The lowest BCUT2D eigenvalue weighted by Gasteiger charge is -2.34. The molecule has 20 heavy (non-hydrogen) atoms. The molecule has 1 aromatic carbocycles. The highest BCUT2D eigenvalue weighted by Crippen LogP contribution is 2.29. The first-order chi connectivity index (χ1) is 9.52. The summed E-state index contributed by atoms with van der Waals surface area (Å²) in [5, 5.41) is 0. The van der Waals surface area contributed by atoms with Gasteiger partial charge in [-0.25, -0.2) is 0 Å². The number of nitrogen functional groups attached to an aromatic ring is 1. The minimum atomic E-state index is 0.0148. The Hall–Kier alpha value is -1.71. The standard InChI is InChI=1S/C16H24N2O2/c1-11-5-4-6-13(9-11)18(2)16(19)14-8-7-12(17)10-15(14)20-3/h7-8,10-11,13H,4-6,9,17H2,1-3H3. The summed E-state index contributed by atoms with van der Waals surface area (Å²) in [6.07, 6.45) is 4.63. The van der Waals surface area contributed by atoms with E-state index in [0.29, 0.717) is 29.0 Å². The van der Waals surface area contributed by atoms with Crippen molar-refractivity contribution in [2.75, 3.05) is 19.9 Å². The smallest absolute Gasteiger partial charge is 0.257 e. The second-order valence-corrected chi connectivity index (χ2v) is 5.80. The lowest BCUT2D eigenvalue weighted by molar-refractivity contribution is 0.0669. The number of nitrogens with two attached hydrogens (primary N) is 1. The van der Waals surface area contributed by atoms with Crippen LogP contribution in [0, 0.1) is 5.92 Å². The van der Waals surface area contributed by atoms with Crippen molar-refractivity contribution in [1.82, 2.24) is 4.90 Å². The Labute approximate surface area is 120 Å². The Morgan fingerprint density at radius 3 is 2.80 bits per heavy atom. The second-order valence-electron chi connectivity index (χ2n) is 5.80. The predicted octanol–water partition coefficient (Wildman–Crippen LogP) is 2.93. The fourth-order valence-electron chi connectivity index (χ4n) is 2.99. The van der Waals surface area contributed by atoms with Crippen LogP contribution in [0.5, 0.6) is 5.75 Å². The molecular weight excluding hydrogens is 252 g/mol. The van der Waals surface area contributed by atoms with Gasteiger partial charge in [0.05, 0.1) is 12.7 Å². The molecule has 0 aliphatic heterocycles. The van der Waals surface area contributed by atoms with Crippen LogP contribution in [0.2, 0.25) is 0 Å². The number of rotatable bonds is 3. The van der Waals surface area contributed by atoms with E-state index in [9.17, 15) is 4.79 Å². The van der Waals surface area contributed by atoms with Crippen LogP contribution in [0.1, 0.15) is 43.0 Å². The molecule has 2 rings (SSSR count). The molecule has 0 radical (unpaired) electrons. The summed E-state index contributed by atoms with van der Waals surface area (Å²) in [6.45, 7) is 2.26. The maximum absolute atomic E-state index is 12.6. The maximum atomic E-state index is 12.6. The van der Waals surface area contributed by atoms with Crippen LogP contribution >= 0.6 is 0 Å². The maximum Gasteiger partial charge on any atom is 0.257 e. The number of ether oxygens (including phenoxy) is 1. The van der Waals surface area contributed by atoms with E-state index >= 15 is 0 Å². The van der Waals surface area contributed by atoms with Gasteiger partial charge in [-0.05, 0) is 30.9 Å². The Balaban J connectivity index is 2.18. The summed E-state index contributed by atoms with van der Waals surface area (Å²) in [5.41, 5.74) is 6.93. The minimum Gasteiger partial charge on any atom is -0.496 e. The van der Waals surface area contributed by atoms with E-state index in [1.54, 1.807) is 25.3 Å². The summed E-state index contributed by atoms with van der Waals surface area (Å²) in [5.74, 6) is 1.25. The van der Waals surface area contributed by atoms with E-state index in [1.807, 2.05) is 11.9 Å². The zero-order valence-electron chi connectivity index (χ0n) is 12.6. The van der Waals surface area contributed by atoms with Crippen LogP contribution < -0.4 is 10.5 Å². The fourth-order valence-corrected chi connectivity index (χ4v) is 2.99. The molecule has 1 aliphatic carbocycles. The van der Waals surface area contributed by atoms with E-state index in [2.05, 4.69) is 6.92 Å². The molecule has 0 bridgehead atoms. The van der Waals surface area contributed by atoms with E-state index in [1.165, 1.54) is 12.8 Å². The summed E-state index contributed by atoms with van der Waals surface area (Å²) in [6, 6.07) is 5.52. The molecule has 1 fully saturated rings. The highest BCUT2D eigenvalue weighted by molar-refractivity contribution is 5.97. The van der Waals surface area contributed by atoms with E-state index in [-0.39, 0.29) is 5.91 Å². The number of methoxy groups -OCH3 is 1. The van der Waals surface area contributed by atoms with Gasteiger partial charge in [0.15, 0.2) is 0 Å². The Bertz CT molecular complexity index is 487. The molecule has 4 heteroatoms. The van der Waals surface area contributed by atoms with Crippen LogP contribution in [0.25, 0.3) is 0 Å². The number of nitrogens with zero attached hydrogens (tertiary/aromatic N) is 1. The van der Waals surface area contributed by atoms with Crippen molar-refractivity contribution >= 4 is 11.6 Å². The molecule has 110 valence electrons. The molecule has 2 unspecified atom stereocenters. The van der Waals surface area contributed by atoms with Gasteiger partial charge < -0.3 is 15.4 Å².